The molecule has 0 aliphatic carbocycles. The highest BCUT2D eigenvalue weighted by Gasteiger charge is 2.18. The molecule has 8 heteroatoms. The highest BCUT2D eigenvalue weighted by Crippen LogP contribution is 2.19. The maximum Gasteiger partial charge on any atom is 0.307 e. The average Bonchev–Trinajstić information content (AvgIpc) is 3.07. The Hall–Kier alpha value is -2.41. The van der Waals surface area contributed by atoms with Crippen LogP contribution in [0.15, 0.2) is 28.8 Å². The van der Waals surface area contributed by atoms with Gasteiger partial charge in [-0.3, -0.25) is 9.59 Å². The van der Waals surface area contributed by atoms with Crippen molar-refractivity contribution in [2.45, 2.75) is 39.7 Å². The Morgan fingerprint density at radius 3 is 2.58 bits per heavy atom. The van der Waals surface area contributed by atoms with Crippen molar-refractivity contribution in [3.8, 4) is 11.4 Å². The summed E-state index contributed by atoms with van der Waals surface area (Å²) >= 11 is 5.84. The van der Waals surface area contributed by atoms with Crippen molar-refractivity contribution in [3.05, 3.63) is 35.2 Å². The molecule has 1 amide bonds. The largest absolute Gasteiger partial charge is 0.453 e. The van der Waals surface area contributed by atoms with Gasteiger partial charge in [-0.15, -0.1) is 0 Å². The standard InChI is InChI=1S/C18H22ClN3O4/c1-11(2)10-20-18(24)12(3)25-16(23)9-8-15-21-17(22-26-15)13-4-6-14(19)7-5-13/h4-7,11-12H,8-10H2,1-3H3,(H,20,24). The number of halogens is 1. The van der Waals surface area contributed by atoms with E-state index in [1.54, 1.807) is 31.2 Å². The molecule has 0 fully saturated rings. The first-order valence-electron chi connectivity index (χ1n) is 8.41. The number of nitrogens with zero attached hydrogens (tertiary/aromatic N) is 2. The number of carbonyl (C=O) groups is 2. The van der Waals surface area contributed by atoms with Gasteiger partial charge in [0.05, 0.1) is 6.42 Å². The molecule has 2 rings (SSSR count). The van der Waals surface area contributed by atoms with Gasteiger partial charge in [0.2, 0.25) is 11.7 Å². The molecule has 1 unspecified atom stereocenters. The minimum atomic E-state index is -0.839. The Morgan fingerprint density at radius 1 is 1.23 bits per heavy atom. The van der Waals surface area contributed by atoms with Gasteiger partial charge in [-0.05, 0) is 37.1 Å². The molecule has 1 atom stereocenters. The van der Waals surface area contributed by atoms with Gasteiger partial charge in [0.25, 0.3) is 5.91 Å². The van der Waals surface area contributed by atoms with Crippen molar-refractivity contribution in [1.82, 2.24) is 15.5 Å². The third-order valence-electron chi connectivity index (χ3n) is 3.48. The predicted octanol–water partition coefficient (Wildman–Crippen LogP) is 3.03. The second-order valence-corrected chi connectivity index (χ2v) is 6.73. The Labute approximate surface area is 157 Å². The number of hydrogen-bond donors (Lipinski definition) is 1. The summed E-state index contributed by atoms with van der Waals surface area (Å²) in [4.78, 5) is 27.9. The molecule has 0 saturated carbocycles. The van der Waals surface area contributed by atoms with Crippen molar-refractivity contribution in [3.63, 3.8) is 0 Å². The van der Waals surface area contributed by atoms with Gasteiger partial charge in [-0.1, -0.05) is 30.6 Å². The third-order valence-corrected chi connectivity index (χ3v) is 3.73. The van der Waals surface area contributed by atoms with Gasteiger partial charge in [0.1, 0.15) is 0 Å². The lowest BCUT2D eigenvalue weighted by molar-refractivity contribution is -0.154. The molecule has 0 aliphatic rings. The molecule has 26 heavy (non-hydrogen) atoms. The summed E-state index contributed by atoms with van der Waals surface area (Å²) in [6.45, 7) is 6.05. The lowest BCUT2D eigenvalue weighted by atomic mass is 10.2. The number of carbonyl (C=O) groups excluding carboxylic acids is 2. The normalized spacial score (nSPS) is 12.0. The molecule has 140 valence electrons. The van der Waals surface area contributed by atoms with Crippen LogP contribution in [0.4, 0.5) is 0 Å². The second-order valence-electron chi connectivity index (χ2n) is 6.29. The van der Waals surface area contributed by atoms with E-state index in [0.717, 1.165) is 5.56 Å². The van der Waals surface area contributed by atoms with E-state index in [9.17, 15) is 9.59 Å². The fourth-order valence-electron chi connectivity index (χ4n) is 2.04. The zero-order chi connectivity index (χ0) is 19.1. The van der Waals surface area contributed by atoms with Gasteiger partial charge < -0.3 is 14.6 Å². The fourth-order valence-corrected chi connectivity index (χ4v) is 2.17. The molecule has 7 nitrogen and oxygen atoms in total. The van der Waals surface area contributed by atoms with E-state index < -0.39 is 12.1 Å². The number of nitrogens with one attached hydrogen (secondary N) is 1. The molecule has 1 aromatic heterocycles. The quantitative estimate of drug-likeness (QED) is 0.708. The molecular formula is C18H22ClN3O4. The van der Waals surface area contributed by atoms with Crippen LogP contribution in [0.2, 0.25) is 5.02 Å². The first-order chi connectivity index (χ1) is 12.3. The van der Waals surface area contributed by atoms with E-state index in [2.05, 4.69) is 15.5 Å². The summed E-state index contributed by atoms with van der Waals surface area (Å²) < 4.78 is 10.3. The van der Waals surface area contributed by atoms with Crippen LogP contribution in [-0.4, -0.2) is 34.7 Å². The van der Waals surface area contributed by atoms with Crippen molar-refractivity contribution in [2.24, 2.45) is 5.92 Å². The van der Waals surface area contributed by atoms with Gasteiger partial charge >= 0.3 is 5.97 Å². The summed E-state index contributed by atoms with van der Waals surface area (Å²) in [5.41, 5.74) is 0.766. The smallest absolute Gasteiger partial charge is 0.307 e. The summed E-state index contributed by atoms with van der Waals surface area (Å²) in [5.74, 6) is 0.266. The Bertz CT molecular complexity index is 743. The van der Waals surface area contributed by atoms with E-state index in [4.69, 9.17) is 20.9 Å². The van der Waals surface area contributed by atoms with Crippen LogP contribution >= 0.6 is 11.6 Å². The van der Waals surface area contributed by atoms with E-state index in [-0.39, 0.29) is 18.7 Å². The molecule has 1 heterocycles. The molecule has 2 aromatic rings. The molecule has 0 spiro atoms. The van der Waals surface area contributed by atoms with Gasteiger partial charge in [-0.2, -0.15) is 4.98 Å². The molecular weight excluding hydrogens is 358 g/mol. The number of aryl methyl sites for hydroxylation is 1. The minimum absolute atomic E-state index is 0.0457. The van der Waals surface area contributed by atoms with E-state index in [1.165, 1.54) is 0 Å². The Morgan fingerprint density at radius 2 is 1.92 bits per heavy atom. The number of amides is 1. The van der Waals surface area contributed by atoms with E-state index >= 15 is 0 Å². The molecule has 0 radical (unpaired) electrons. The van der Waals surface area contributed by atoms with Crippen molar-refractivity contribution in [1.29, 1.82) is 0 Å². The number of esters is 1. The average molecular weight is 380 g/mol. The predicted molar refractivity (Wildman–Crippen MR) is 96.5 cm³/mol. The lowest BCUT2D eigenvalue weighted by Crippen LogP contribution is -2.37. The molecule has 1 aromatic carbocycles. The number of rotatable bonds is 8. The lowest BCUT2D eigenvalue weighted by Gasteiger charge is -2.14. The fraction of sp³-hybridized carbons (Fsp3) is 0.444. The maximum atomic E-state index is 11.9. The van der Waals surface area contributed by atoms with Crippen LogP contribution in [-0.2, 0) is 20.7 Å². The molecule has 0 saturated heterocycles. The van der Waals surface area contributed by atoms with Crippen LogP contribution in [0.3, 0.4) is 0 Å². The highest BCUT2D eigenvalue weighted by atomic mass is 35.5. The number of aromatic nitrogens is 2. The first-order valence-corrected chi connectivity index (χ1v) is 8.78. The van der Waals surface area contributed by atoms with Crippen molar-refractivity contribution >= 4 is 23.5 Å². The Kier molecular flexibility index (Phi) is 7.15. The second kappa shape index (κ2) is 9.33. The minimum Gasteiger partial charge on any atom is -0.453 e. The van der Waals surface area contributed by atoms with Gasteiger partial charge in [-0.25, -0.2) is 0 Å². The van der Waals surface area contributed by atoms with Gasteiger partial charge in [0.15, 0.2) is 6.10 Å². The van der Waals surface area contributed by atoms with Crippen LogP contribution in [0.1, 0.15) is 33.1 Å². The summed E-state index contributed by atoms with van der Waals surface area (Å²) in [6, 6.07) is 7.03. The number of benzene rings is 1. The van der Waals surface area contributed by atoms with Crippen LogP contribution in [0.25, 0.3) is 11.4 Å². The molecule has 1 N–H and O–H groups in total. The third kappa shape index (κ3) is 6.15. The molecule has 0 bridgehead atoms. The van der Waals surface area contributed by atoms with Crippen molar-refractivity contribution in [2.75, 3.05) is 6.54 Å². The zero-order valence-corrected chi connectivity index (χ0v) is 15.7. The maximum absolute atomic E-state index is 11.9. The van der Waals surface area contributed by atoms with Crippen LogP contribution in [0, 0.1) is 5.92 Å². The number of ether oxygens (including phenoxy) is 1. The van der Waals surface area contributed by atoms with E-state index in [0.29, 0.717) is 29.2 Å². The van der Waals surface area contributed by atoms with Crippen LogP contribution < -0.4 is 5.32 Å². The summed E-state index contributed by atoms with van der Waals surface area (Å²) in [6.07, 6.45) is -0.558. The topological polar surface area (TPSA) is 94.3 Å². The highest BCUT2D eigenvalue weighted by molar-refractivity contribution is 6.30. The summed E-state index contributed by atoms with van der Waals surface area (Å²) in [7, 11) is 0. The zero-order valence-electron chi connectivity index (χ0n) is 15.0. The first kappa shape index (κ1) is 19.9. The summed E-state index contributed by atoms with van der Waals surface area (Å²) in [5, 5.41) is 7.22. The van der Waals surface area contributed by atoms with Crippen molar-refractivity contribution < 1.29 is 18.8 Å². The number of hydrogen-bond acceptors (Lipinski definition) is 6. The van der Waals surface area contributed by atoms with E-state index in [1.807, 2.05) is 13.8 Å². The Balaban J connectivity index is 1.80. The SMILES string of the molecule is CC(C)CNC(=O)C(C)OC(=O)CCc1nc(-c2ccc(Cl)cc2)no1. The van der Waals surface area contributed by atoms with Crippen LogP contribution in [0.5, 0.6) is 0 Å². The molecule has 0 aliphatic heterocycles. The van der Waals surface area contributed by atoms with Gasteiger partial charge in [0, 0.05) is 23.6 Å². The monoisotopic (exact) mass is 379 g/mol.